The van der Waals surface area contributed by atoms with E-state index < -0.39 is 0 Å². The molecular weight excluding hydrogens is 248 g/mol. The molecule has 1 aliphatic rings. The van der Waals surface area contributed by atoms with E-state index in [1.165, 1.54) is 24.0 Å². The molecule has 2 heterocycles. The quantitative estimate of drug-likeness (QED) is 0.926. The van der Waals surface area contributed by atoms with E-state index in [9.17, 15) is 0 Å². The lowest BCUT2D eigenvalue weighted by Gasteiger charge is -2.19. The largest absolute Gasteiger partial charge is 0.463 e. The van der Waals surface area contributed by atoms with E-state index in [1.807, 2.05) is 7.05 Å². The molecule has 2 aromatic rings. The van der Waals surface area contributed by atoms with Crippen molar-refractivity contribution in [1.82, 2.24) is 10.2 Å². The molecule has 0 saturated carbocycles. The van der Waals surface area contributed by atoms with E-state index in [2.05, 4.69) is 46.6 Å². The van der Waals surface area contributed by atoms with E-state index in [-0.39, 0.29) is 0 Å². The van der Waals surface area contributed by atoms with Crippen LogP contribution in [0.2, 0.25) is 0 Å². The first-order chi connectivity index (χ1) is 9.85. The summed E-state index contributed by atoms with van der Waals surface area (Å²) in [4.78, 5) is 2.48. The fourth-order valence-electron chi connectivity index (χ4n) is 2.90. The number of nitrogens with zero attached hydrogens (tertiary/aromatic N) is 1. The van der Waals surface area contributed by atoms with Crippen LogP contribution < -0.4 is 5.32 Å². The molecule has 0 bridgehead atoms. The number of nitrogens with one attached hydrogen (secondary N) is 1. The van der Waals surface area contributed by atoms with Crippen LogP contribution in [0.1, 0.15) is 29.1 Å². The molecule has 0 radical (unpaired) electrons. The van der Waals surface area contributed by atoms with E-state index in [1.54, 1.807) is 0 Å². The number of benzene rings is 1. The van der Waals surface area contributed by atoms with Gasteiger partial charge in [0.1, 0.15) is 11.5 Å². The van der Waals surface area contributed by atoms with Gasteiger partial charge in [0.05, 0.1) is 13.1 Å². The topological polar surface area (TPSA) is 28.4 Å². The first-order valence-electron chi connectivity index (χ1n) is 7.36. The number of fused-ring (bicyclic) bond motifs is 1. The van der Waals surface area contributed by atoms with Crippen LogP contribution in [0.3, 0.4) is 0 Å². The van der Waals surface area contributed by atoms with Crippen molar-refractivity contribution in [3.05, 3.63) is 59.0 Å². The van der Waals surface area contributed by atoms with Gasteiger partial charge in [-0.3, -0.25) is 4.90 Å². The zero-order chi connectivity index (χ0) is 13.8. The molecule has 0 atom stereocenters. The Morgan fingerprint density at radius 3 is 2.75 bits per heavy atom. The average molecular weight is 270 g/mol. The number of aryl methyl sites for hydroxylation is 1. The molecule has 0 aliphatic carbocycles. The predicted octanol–water partition coefficient (Wildman–Crippen LogP) is 2.95. The van der Waals surface area contributed by atoms with E-state index in [4.69, 9.17) is 4.42 Å². The molecule has 0 unspecified atom stereocenters. The molecule has 0 saturated heterocycles. The van der Waals surface area contributed by atoms with Gasteiger partial charge in [0.15, 0.2) is 0 Å². The monoisotopic (exact) mass is 270 g/mol. The Morgan fingerprint density at radius 1 is 1.10 bits per heavy atom. The zero-order valence-electron chi connectivity index (χ0n) is 12.1. The summed E-state index contributed by atoms with van der Waals surface area (Å²) in [7, 11) is 1.94. The summed E-state index contributed by atoms with van der Waals surface area (Å²) in [5, 5.41) is 3.12. The first kappa shape index (κ1) is 13.4. The maximum atomic E-state index is 5.85. The minimum Gasteiger partial charge on any atom is -0.463 e. The predicted molar refractivity (Wildman–Crippen MR) is 80.3 cm³/mol. The SMILES string of the molecule is CNCc1ccc(CN2CCCc3ccccc3C2)o1. The molecule has 1 aromatic carbocycles. The van der Waals surface area contributed by atoms with Gasteiger partial charge in [-0.2, -0.15) is 0 Å². The Hall–Kier alpha value is -1.58. The smallest absolute Gasteiger partial charge is 0.118 e. The molecule has 20 heavy (non-hydrogen) atoms. The van der Waals surface area contributed by atoms with Crippen LogP contribution in [-0.2, 0) is 26.1 Å². The number of hydrogen-bond acceptors (Lipinski definition) is 3. The molecule has 0 amide bonds. The summed E-state index contributed by atoms with van der Waals surface area (Å²) in [5.41, 5.74) is 2.97. The van der Waals surface area contributed by atoms with Crippen LogP contribution in [-0.4, -0.2) is 18.5 Å². The van der Waals surface area contributed by atoms with Crippen molar-refractivity contribution in [3.63, 3.8) is 0 Å². The number of hydrogen-bond donors (Lipinski definition) is 1. The Morgan fingerprint density at radius 2 is 1.90 bits per heavy atom. The third kappa shape index (κ3) is 3.11. The van der Waals surface area contributed by atoms with Crippen molar-refractivity contribution in [2.24, 2.45) is 0 Å². The molecule has 1 N–H and O–H groups in total. The number of rotatable bonds is 4. The van der Waals surface area contributed by atoms with Crippen molar-refractivity contribution in [2.75, 3.05) is 13.6 Å². The highest BCUT2D eigenvalue weighted by atomic mass is 16.3. The second-order valence-corrected chi connectivity index (χ2v) is 5.48. The first-order valence-corrected chi connectivity index (χ1v) is 7.36. The van der Waals surface area contributed by atoms with Gasteiger partial charge < -0.3 is 9.73 Å². The normalized spacial score (nSPS) is 15.8. The molecule has 106 valence electrons. The van der Waals surface area contributed by atoms with Crippen LogP contribution in [0.15, 0.2) is 40.8 Å². The molecular formula is C17H22N2O. The van der Waals surface area contributed by atoms with Gasteiger partial charge in [-0.15, -0.1) is 0 Å². The molecule has 3 heteroatoms. The number of furan rings is 1. The minimum atomic E-state index is 0.794. The van der Waals surface area contributed by atoms with Crippen LogP contribution in [0.4, 0.5) is 0 Å². The lowest BCUT2D eigenvalue weighted by molar-refractivity contribution is 0.236. The highest BCUT2D eigenvalue weighted by Gasteiger charge is 2.15. The summed E-state index contributed by atoms with van der Waals surface area (Å²) >= 11 is 0. The summed E-state index contributed by atoms with van der Waals surface area (Å²) < 4.78 is 5.85. The summed E-state index contributed by atoms with van der Waals surface area (Å²) in [5.74, 6) is 2.08. The maximum Gasteiger partial charge on any atom is 0.118 e. The van der Waals surface area contributed by atoms with E-state index in [0.717, 1.165) is 37.7 Å². The van der Waals surface area contributed by atoms with Crippen molar-refractivity contribution in [2.45, 2.75) is 32.5 Å². The van der Waals surface area contributed by atoms with Gasteiger partial charge in [-0.05, 0) is 49.7 Å². The average Bonchev–Trinajstić information content (AvgIpc) is 2.78. The third-order valence-corrected chi connectivity index (χ3v) is 3.88. The van der Waals surface area contributed by atoms with Gasteiger partial charge >= 0.3 is 0 Å². The molecule has 0 spiro atoms. The lowest BCUT2D eigenvalue weighted by Crippen LogP contribution is -2.22. The molecule has 0 fully saturated rings. The van der Waals surface area contributed by atoms with Crippen molar-refractivity contribution < 1.29 is 4.42 Å². The maximum absolute atomic E-state index is 5.85. The lowest BCUT2D eigenvalue weighted by atomic mass is 10.0. The zero-order valence-corrected chi connectivity index (χ0v) is 12.1. The second kappa shape index (κ2) is 6.25. The van der Waals surface area contributed by atoms with Gasteiger partial charge in [-0.1, -0.05) is 24.3 Å². The van der Waals surface area contributed by atoms with E-state index in [0.29, 0.717) is 0 Å². The van der Waals surface area contributed by atoms with Gasteiger partial charge in [0.2, 0.25) is 0 Å². The Labute approximate surface area is 120 Å². The highest BCUT2D eigenvalue weighted by Crippen LogP contribution is 2.20. The van der Waals surface area contributed by atoms with Crippen LogP contribution >= 0.6 is 0 Å². The van der Waals surface area contributed by atoms with Gasteiger partial charge in [-0.25, -0.2) is 0 Å². The standard InChI is InChI=1S/C17H22N2O/c1-18-11-16-8-9-17(20-16)13-19-10-4-7-14-5-2-3-6-15(14)12-19/h2-3,5-6,8-9,18H,4,7,10-13H2,1H3. The van der Waals surface area contributed by atoms with Gasteiger partial charge in [0.25, 0.3) is 0 Å². The Bertz CT molecular complexity index is 562. The van der Waals surface area contributed by atoms with Crippen LogP contribution in [0.25, 0.3) is 0 Å². The molecule has 1 aromatic heterocycles. The second-order valence-electron chi connectivity index (χ2n) is 5.48. The van der Waals surface area contributed by atoms with Crippen LogP contribution in [0, 0.1) is 0 Å². The van der Waals surface area contributed by atoms with Crippen molar-refractivity contribution in [3.8, 4) is 0 Å². The summed E-state index contributed by atoms with van der Waals surface area (Å²) in [6.45, 7) is 3.86. The van der Waals surface area contributed by atoms with Crippen LogP contribution in [0.5, 0.6) is 0 Å². The fraction of sp³-hybridized carbons (Fsp3) is 0.412. The molecule has 3 nitrogen and oxygen atoms in total. The third-order valence-electron chi connectivity index (χ3n) is 3.88. The highest BCUT2D eigenvalue weighted by molar-refractivity contribution is 5.28. The summed E-state index contributed by atoms with van der Waals surface area (Å²) in [6.07, 6.45) is 2.41. The molecule has 1 aliphatic heterocycles. The fourth-order valence-corrected chi connectivity index (χ4v) is 2.90. The summed E-state index contributed by atoms with van der Waals surface area (Å²) in [6, 6.07) is 13.0. The van der Waals surface area contributed by atoms with Crippen molar-refractivity contribution in [1.29, 1.82) is 0 Å². The minimum absolute atomic E-state index is 0.794. The van der Waals surface area contributed by atoms with Crippen molar-refractivity contribution >= 4 is 0 Å². The van der Waals surface area contributed by atoms with Gasteiger partial charge in [0, 0.05) is 6.54 Å². The Balaban J connectivity index is 1.68. The Kier molecular flexibility index (Phi) is 4.19. The molecule has 3 rings (SSSR count). The van der Waals surface area contributed by atoms with E-state index >= 15 is 0 Å².